The van der Waals surface area contributed by atoms with E-state index in [9.17, 15) is 4.39 Å². The lowest BCUT2D eigenvalue weighted by atomic mass is 9.81. The first-order valence-corrected chi connectivity index (χ1v) is 11.3. The Labute approximate surface area is 190 Å². The Morgan fingerprint density at radius 3 is 2.66 bits per heavy atom. The summed E-state index contributed by atoms with van der Waals surface area (Å²) in [4.78, 5) is 4.78. The second-order valence-corrected chi connectivity index (χ2v) is 9.11. The van der Waals surface area contributed by atoms with Crippen molar-refractivity contribution in [2.45, 2.75) is 72.1 Å². The molecule has 168 valence electrons. The van der Waals surface area contributed by atoms with E-state index in [4.69, 9.17) is 12.2 Å². The summed E-state index contributed by atoms with van der Waals surface area (Å²) in [6.07, 6.45) is 9.11. The van der Waals surface area contributed by atoms with Crippen molar-refractivity contribution in [1.29, 1.82) is 0 Å². The Bertz CT molecular complexity index is 1320. The van der Waals surface area contributed by atoms with E-state index in [1.807, 2.05) is 43.9 Å². The zero-order valence-corrected chi connectivity index (χ0v) is 19.0. The molecule has 0 unspecified atom stereocenters. The van der Waals surface area contributed by atoms with Gasteiger partial charge in [0, 0.05) is 53.9 Å². The van der Waals surface area contributed by atoms with Gasteiger partial charge in [-0.3, -0.25) is 9.67 Å². The van der Waals surface area contributed by atoms with E-state index in [1.165, 1.54) is 0 Å². The van der Waals surface area contributed by atoms with Gasteiger partial charge in [-0.05, 0) is 65.4 Å². The maximum Gasteiger partial charge on any atom is 0.141 e. The summed E-state index contributed by atoms with van der Waals surface area (Å²) in [5.74, 6) is 0.402. The monoisotopic (exact) mass is 437 g/mol. The van der Waals surface area contributed by atoms with Crippen molar-refractivity contribution in [1.82, 2.24) is 24.5 Å². The molecule has 4 heterocycles. The highest BCUT2D eigenvalue weighted by molar-refractivity contribution is 5.94. The number of halogens is 1. The van der Waals surface area contributed by atoms with Crippen molar-refractivity contribution >= 4 is 11.0 Å². The van der Waals surface area contributed by atoms with Gasteiger partial charge in [0.1, 0.15) is 11.4 Å². The van der Waals surface area contributed by atoms with E-state index in [-0.39, 0.29) is 5.92 Å². The van der Waals surface area contributed by atoms with Crippen LogP contribution in [0.4, 0.5) is 4.39 Å². The Kier molecular flexibility index (Phi) is 4.57. The summed E-state index contributed by atoms with van der Waals surface area (Å²) < 4.78 is 41.7. The predicted octanol–water partition coefficient (Wildman–Crippen LogP) is 6.11. The van der Waals surface area contributed by atoms with Gasteiger partial charge in [-0.25, -0.2) is 4.39 Å². The lowest BCUT2D eigenvalue weighted by Crippen LogP contribution is -2.27. The first-order chi connectivity index (χ1) is 16.1. The average molecular weight is 438 g/mol. The molecule has 0 aliphatic heterocycles. The fraction of sp³-hybridized carbons (Fsp3) is 0.480. The molecule has 5 rings (SSSR count). The van der Waals surface area contributed by atoms with Crippen LogP contribution >= 0.6 is 0 Å². The molecular formula is C25H30FN5O. The van der Waals surface area contributed by atoms with Crippen LogP contribution in [0.15, 0.2) is 35.4 Å². The first kappa shape index (κ1) is 18.6. The summed E-state index contributed by atoms with van der Waals surface area (Å²) in [6.45, 7) is 6.43. The topological polar surface area (TPSA) is 61.7 Å². The molecule has 0 amide bonds. The molecule has 0 saturated heterocycles. The minimum absolute atomic E-state index is 0.291. The largest absolute Gasteiger partial charge is 0.361 e. The number of hydrogen-bond acceptors (Lipinski definition) is 4. The Morgan fingerprint density at radius 2 is 2.00 bits per heavy atom. The van der Waals surface area contributed by atoms with E-state index >= 15 is 0 Å². The molecule has 1 aliphatic rings. The predicted molar refractivity (Wildman–Crippen MR) is 123 cm³/mol. The van der Waals surface area contributed by atoms with Gasteiger partial charge in [-0.15, -0.1) is 0 Å². The van der Waals surface area contributed by atoms with Crippen LogP contribution < -0.4 is 0 Å². The van der Waals surface area contributed by atoms with Gasteiger partial charge in [0.25, 0.3) is 0 Å². The van der Waals surface area contributed by atoms with E-state index in [2.05, 4.69) is 10.3 Å². The molecule has 0 radical (unpaired) electrons. The minimum atomic E-state index is -1.70. The molecule has 0 N–H and O–H groups in total. The maximum absolute atomic E-state index is 14.5. The first-order valence-electron chi connectivity index (χ1n) is 12.3. The Balaban J connectivity index is 1.68. The van der Waals surface area contributed by atoms with Crippen LogP contribution in [-0.4, -0.2) is 30.2 Å². The molecule has 1 aliphatic carbocycles. The van der Waals surface area contributed by atoms with E-state index in [1.54, 1.807) is 23.9 Å². The minimum Gasteiger partial charge on any atom is -0.361 e. The second kappa shape index (κ2) is 7.87. The lowest BCUT2D eigenvalue weighted by molar-refractivity contribution is 0.0985. The van der Waals surface area contributed by atoms with Crippen LogP contribution in [0.1, 0.15) is 53.7 Å². The van der Waals surface area contributed by atoms with Crippen molar-refractivity contribution in [3.8, 4) is 22.3 Å². The molecule has 7 heteroatoms. The van der Waals surface area contributed by atoms with Gasteiger partial charge in [0.05, 0.1) is 25.7 Å². The van der Waals surface area contributed by atoms with Crippen molar-refractivity contribution in [2.24, 2.45) is 5.92 Å². The van der Waals surface area contributed by atoms with Gasteiger partial charge >= 0.3 is 0 Å². The van der Waals surface area contributed by atoms with E-state index < -0.39 is 12.2 Å². The molecule has 1 fully saturated rings. The normalized spacial score (nSPS) is 22.8. The SMILES string of the molecule is [2H]C([2H])(C1CCC(C)(F)CC1)n1cc(-c2cnn(CC)c2)c2ncc(-c3c(C)noc3C)cc21. The Hall–Kier alpha value is -2.96. The third-order valence-corrected chi connectivity index (χ3v) is 6.58. The van der Waals surface area contributed by atoms with Crippen molar-refractivity contribution in [2.75, 3.05) is 0 Å². The van der Waals surface area contributed by atoms with Crippen LogP contribution in [0.25, 0.3) is 33.3 Å². The number of aromatic nitrogens is 5. The summed E-state index contributed by atoms with van der Waals surface area (Å²) in [6, 6.07) is 1.96. The summed E-state index contributed by atoms with van der Waals surface area (Å²) in [5, 5.41) is 8.47. The number of fused-ring (bicyclic) bond motifs is 1. The van der Waals surface area contributed by atoms with Crippen LogP contribution in [-0.2, 0) is 13.0 Å². The second-order valence-electron chi connectivity index (χ2n) is 9.11. The molecule has 32 heavy (non-hydrogen) atoms. The third-order valence-electron chi connectivity index (χ3n) is 6.58. The summed E-state index contributed by atoms with van der Waals surface area (Å²) in [5.41, 5.74) is 4.36. The van der Waals surface area contributed by atoms with E-state index in [0.29, 0.717) is 42.5 Å². The van der Waals surface area contributed by atoms with Gasteiger partial charge in [-0.2, -0.15) is 5.10 Å². The van der Waals surface area contributed by atoms with Crippen molar-refractivity contribution < 1.29 is 11.7 Å². The quantitative estimate of drug-likeness (QED) is 0.378. The standard InChI is InChI=1S/C25H30FN5O/c1-5-31-14-20(12-28-31)21-15-30(13-18-6-8-25(4,26)9-7-18)22-10-19(11-27-24(21)22)23-16(2)29-32-17(23)3/h10-12,14-15,18H,5-9,13H2,1-4H3/i13D2. The van der Waals surface area contributed by atoms with E-state index in [0.717, 1.165) is 34.5 Å². The molecule has 1 saturated carbocycles. The molecule has 4 aromatic heterocycles. The molecule has 0 bridgehead atoms. The summed E-state index contributed by atoms with van der Waals surface area (Å²) >= 11 is 0. The van der Waals surface area contributed by atoms with Gasteiger partial charge in [-0.1, -0.05) is 5.16 Å². The highest BCUT2D eigenvalue weighted by Crippen LogP contribution is 2.38. The highest BCUT2D eigenvalue weighted by atomic mass is 19.1. The van der Waals surface area contributed by atoms with Crippen molar-refractivity contribution in [3.05, 3.63) is 42.3 Å². The average Bonchev–Trinajstić information content (AvgIpc) is 3.50. The number of rotatable bonds is 5. The number of hydrogen-bond donors (Lipinski definition) is 0. The fourth-order valence-corrected chi connectivity index (χ4v) is 4.68. The van der Waals surface area contributed by atoms with Crippen LogP contribution in [0.5, 0.6) is 0 Å². The molecule has 4 aromatic rings. The zero-order valence-electron chi connectivity index (χ0n) is 21.0. The molecule has 0 spiro atoms. The number of nitrogens with zero attached hydrogens (tertiary/aromatic N) is 5. The van der Waals surface area contributed by atoms with Crippen molar-refractivity contribution in [3.63, 3.8) is 0 Å². The molecular weight excluding hydrogens is 405 g/mol. The third kappa shape index (κ3) is 3.74. The molecule has 0 aromatic carbocycles. The number of pyridine rings is 1. The van der Waals surface area contributed by atoms with Crippen LogP contribution in [0.3, 0.4) is 0 Å². The Morgan fingerprint density at radius 1 is 1.22 bits per heavy atom. The lowest BCUT2D eigenvalue weighted by Gasteiger charge is -2.31. The van der Waals surface area contributed by atoms with Gasteiger partial charge < -0.3 is 9.09 Å². The maximum atomic E-state index is 14.5. The van der Waals surface area contributed by atoms with Gasteiger partial charge in [0.15, 0.2) is 0 Å². The van der Waals surface area contributed by atoms with Crippen LogP contribution in [0.2, 0.25) is 0 Å². The molecule has 6 nitrogen and oxygen atoms in total. The zero-order chi connectivity index (χ0) is 24.3. The smallest absolute Gasteiger partial charge is 0.141 e. The highest BCUT2D eigenvalue weighted by Gasteiger charge is 2.31. The van der Waals surface area contributed by atoms with Crippen LogP contribution in [0, 0.1) is 19.8 Å². The summed E-state index contributed by atoms with van der Waals surface area (Å²) in [7, 11) is 0. The fourth-order valence-electron chi connectivity index (χ4n) is 4.68. The number of aryl methyl sites for hydroxylation is 3. The van der Waals surface area contributed by atoms with Gasteiger partial charge in [0.2, 0.25) is 0 Å². The molecule has 0 atom stereocenters. The number of alkyl halides is 1.